The number of hydrogen-bond donors (Lipinski definition) is 1. The smallest absolute Gasteiger partial charge is 0.174 e. The Balaban J connectivity index is 1.84. The van der Waals surface area contributed by atoms with E-state index in [0.717, 1.165) is 17.0 Å². The highest BCUT2D eigenvalue weighted by Crippen LogP contribution is 2.13. The van der Waals surface area contributed by atoms with Gasteiger partial charge in [-0.1, -0.05) is 17.3 Å². The van der Waals surface area contributed by atoms with Crippen molar-refractivity contribution in [2.75, 3.05) is 6.61 Å². The second-order valence-electron chi connectivity index (χ2n) is 4.13. The van der Waals surface area contributed by atoms with Crippen LogP contribution in [-0.2, 0) is 13.1 Å². The number of rotatable bonds is 6. The lowest BCUT2D eigenvalue weighted by atomic mass is 10.2. The van der Waals surface area contributed by atoms with E-state index >= 15 is 0 Å². The fourth-order valence-electron chi connectivity index (χ4n) is 1.69. The maximum atomic E-state index is 8.46. The Morgan fingerprint density at radius 3 is 3.00 bits per heavy atom. The molecule has 0 spiro atoms. The van der Waals surface area contributed by atoms with Crippen molar-refractivity contribution in [3.8, 4) is 11.8 Å². The van der Waals surface area contributed by atoms with Crippen molar-refractivity contribution in [1.82, 2.24) is 10.5 Å². The summed E-state index contributed by atoms with van der Waals surface area (Å²) in [6, 6.07) is 11.5. The maximum absolute atomic E-state index is 8.46. The molecule has 0 aliphatic rings. The van der Waals surface area contributed by atoms with Crippen molar-refractivity contribution >= 4 is 0 Å². The summed E-state index contributed by atoms with van der Waals surface area (Å²) in [5.74, 6) is 1.52. The molecule has 1 N–H and O–H groups in total. The third-order valence-corrected chi connectivity index (χ3v) is 2.51. The molecule has 2 aromatic rings. The van der Waals surface area contributed by atoms with Gasteiger partial charge in [0.15, 0.2) is 12.4 Å². The van der Waals surface area contributed by atoms with Crippen LogP contribution in [0.2, 0.25) is 0 Å². The molecule has 19 heavy (non-hydrogen) atoms. The largest absolute Gasteiger partial charge is 0.479 e. The number of aromatic nitrogens is 1. The molecule has 0 aliphatic carbocycles. The van der Waals surface area contributed by atoms with Gasteiger partial charge >= 0.3 is 0 Å². The van der Waals surface area contributed by atoms with E-state index in [1.54, 1.807) is 0 Å². The van der Waals surface area contributed by atoms with E-state index in [9.17, 15) is 0 Å². The summed E-state index contributed by atoms with van der Waals surface area (Å²) >= 11 is 0. The molecule has 98 valence electrons. The van der Waals surface area contributed by atoms with Gasteiger partial charge in [-0.2, -0.15) is 5.26 Å². The van der Waals surface area contributed by atoms with E-state index in [1.165, 1.54) is 0 Å². The predicted octanol–water partition coefficient (Wildman–Crippen LogP) is 2.18. The average molecular weight is 257 g/mol. The number of hydrogen-bond acceptors (Lipinski definition) is 5. The first kappa shape index (κ1) is 13.1. The molecule has 0 saturated carbocycles. The number of aryl methyl sites for hydroxylation is 1. The monoisotopic (exact) mass is 257 g/mol. The van der Waals surface area contributed by atoms with Crippen LogP contribution < -0.4 is 10.1 Å². The third kappa shape index (κ3) is 4.12. The molecule has 0 radical (unpaired) electrons. The molecule has 1 heterocycles. The Bertz CT molecular complexity index is 572. The minimum absolute atomic E-state index is 0.0637. The molecular formula is C14H15N3O2. The summed E-state index contributed by atoms with van der Waals surface area (Å²) in [6.45, 7) is 3.28. The van der Waals surface area contributed by atoms with Gasteiger partial charge in [-0.05, 0) is 24.6 Å². The van der Waals surface area contributed by atoms with Gasteiger partial charge in [0.2, 0.25) is 0 Å². The molecule has 5 nitrogen and oxygen atoms in total. The zero-order chi connectivity index (χ0) is 13.5. The van der Waals surface area contributed by atoms with Crippen molar-refractivity contribution in [2.24, 2.45) is 0 Å². The summed E-state index contributed by atoms with van der Waals surface area (Å²) < 4.78 is 10.4. The fraction of sp³-hybridized carbons (Fsp3) is 0.286. The maximum Gasteiger partial charge on any atom is 0.174 e. The molecule has 0 unspecified atom stereocenters. The molecule has 0 fully saturated rings. The van der Waals surface area contributed by atoms with Gasteiger partial charge < -0.3 is 14.6 Å². The number of nitrogens with one attached hydrogen (secondary N) is 1. The molecule has 1 aromatic carbocycles. The van der Waals surface area contributed by atoms with Crippen molar-refractivity contribution in [1.29, 1.82) is 5.26 Å². The highest BCUT2D eigenvalue weighted by Gasteiger charge is 2.01. The van der Waals surface area contributed by atoms with E-state index in [1.807, 2.05) is 43.3 Å². The molecule has 2 rings (SSSR count). The molecule has 1 aromatic heterocycles. The second-order valence-corrected chi connectivity index (χ2v) is 4.13. The zero-order valence-electron chi connectivity index (χ0n) is 10.7. The number of nitrogens with zero attached hydrogens (tertiary/aromatic N) is 2. The van der Waals surface area contributed by atoms with E-state index in [-0.39, 0.29) is 6.61 Å². The number of ether oxygens (including phenoxy) is 1. The molecule has 0 amide bonds. The molecule has 5 heteroatoms. The van der Waals surface area contributed by atoms with Crippen molar-refractivity contribution < 1.29 is 9.26 Å². The minimum atomic E-state index is 0.0637. The van der Waals surface area contributed by atoms with Crippen LogP contribution >= 0.6 is 0 Å². The lowest BCUT2D eigenvalue weighted by molar-refractivity contribution is 0.366. The van der Waals surface area contributed by atoms with Crippen LogP contribution in [0.3, 0.4) is 0 Å². The molecule has 0 bridgehead atoms. The summed E-state index contributed by atoms with van der Waals surface area (Å²) in [5, 5.41) is 15.5. The molecule has 0 atom stereocenters. The first-order chi connectivity index (χ1) is 9.28. The topological polar surface area (TPSA) is 71.1 Å². The van der Waals surface area contributed by atoms with Crippen LogP contribution in [0, 0.1) is 18.3 Å². The summed E-state index contributed by atoms with van der Waals surface area (Å²) in [4.78, 5) is 0. The van der Waals surface area contributed by atoms with Gasteiger partial charge in [-0.15, -0.1) is 0 Å². The Morgan fingerprint density at radius 1 is 1.37 bits per heavy atom. The number of nitriles is 1. The number of benzene rings is 1. The van der Waals surface area contributed by atoms with Crippen LogP contribution in [0.15, 0.2) is 34.9 Å². The molecule has 0 saturated heterocycles. The van der Waals surface area contributed by atoms with Gasteiger partial charge in [0, 0.05) is 12.6 Å². The minimum Gasteiger partial charge on any atom is -0.479 e. The van der Waals surface area contributed by atoms with E-state index < -0.39 is 0 Å². The predicted molar refractivity (Wildman–Crippen MR) is 69.3 cm³/mol. The summed E-state index contributed by atoms with van der Waals surface area (Å²) in [5.41, 5.74) is 1.97. The Labute approximate surface area is 111 Å². The summed E-state index contributed by atoms with van der Waals surface area (Å²) in [6.07, 6.45) is 0. The molecular weight excluding hydrogens is 242 g/mol. The van der Waals surface area contributed by atoms with Crippen LogP contribution in [0.1, 0.15) is 17.0 Å². The van der Waals surface area contributed by atoms with Crippen LogP contribution in [0.5, 0.6) is 5.75 Å². The van der Waals surface area contributed by atoms with E-state index in [2.05, 4.69) is 10.5 Å². The standard InChI is InChI=1S/C14H15N3O2/c1-11-7-14(19-17-11)10-16-9-12-3-2-4-13(8-12)18-6-5-15/h2-4,7-8,16H,6,9-10H2,1H3. The highest BCUT2D eigenvalue weighted by molar-refractivity contribution is 5.28. The SMILES string of the molecule is Cc1cc(CNCc2cccc(OCC#N)c2)on1. The zero-order valence-corrected chi connectivity index (χ0v) is 10.7. The lowest BCUT2D eigenvalue weighted by Gasteiger charge is -2.06. The Hall–Kier alpha value is -2.32. The third-order valence-electron chi connectivity index (χ3n) is 2.51. The van der Waals surface area contributed by atoms with Crippen molar-refractivity contribution in [3.05, 3.63) is 47.3 Å². The Kier molecular flexibility index (Phi) is 4.54. The van der Waals surface area contributed by atoms with E-state index in [4.69, 9.17) is 14.5 Å². The van der Waals surface area contributed by atoms with E-state index in [0.29, 0.717) is 18.8 Å². The van der Waals surface area contributed by atoms with Gasteiger partial charge in [0.1, 0.15) is 11.8 Å². The lowest BCUT2D eigenvalue weighted by Crippen LogP contribution is -2.12. The Morgan fingerprint density at radius 2 is 2.26 bits per heavy atom. The van der Waals surface area contributed by atoms with Gasteiger partial charge in [0.05, 0.1) is 12.2 Å². The average Bonchev–Trinajstić information content (AvgIpc) is 2.83. The van der Waals surface area contributed by atoms with Crippen LogP contribution in [0.25, 0.3) is 0 Å². The first-order valence-corrected chi connectivity index (χ1v) is 5.99. The van der Waals surface area contributed by atoms with Crippen molar-refractivity contribution in [2.45, 2.75) is 20.0 Å². The fourth-order valence-corrected chi connectivity index (χ4v) is 1.69. The van der Waals surface area contributed by atoms with Crippen molar-refractivity contribution in [3.63, 3.8) is 0 Å². The molecule has 0 aliphatic heterocycles. The van der Waals surface area contributed by atoms with Crippen LogP contribution in [-0.4, -0.2) is 11.8 Å². The second kappa shape index (κ2) is 6.57. The normalized spacial score (nSPS) is 10.1. The van der Waals surface area contributed by atoms with Crippen LogP contribution in [0.4, 0.5) is 0 Å². The van der Waals surface area contributed by atoms with Gasteiger partial charge in [-0.25, -0.2) is 0 Å². The van der Waals surface area contributed by atoms with Gasteiger partial charge in [-0.3, -0.25) is 0 Å². The first-order valence-electron chi connectivity index (χ1n) is 5.99. The quantitative estimate of drug-likeness (QED) is 0.858. The highest BCUT2D eigenvalue weighted by atomic mass is 16.5. The summed E-state index contributed by atoms with van der Waals surface area (Å²) in [7, 11) is 0. The van der Waals surface area contributed by atoms with Gasteiger partial charge in [0.25, 0.3) is 0 Å².